The highest BCUT2D eigenvalue weighted by molar-refractivity contribution is 7.98. The van der Waals surface area contributed by atoms with Gasteiger partial charge in [0.05, 0.1) is 0 Å². The van der Waals surface area contributed by atoms with Gasteiger partial charge in [0.15, 0.2) is 0 Å². The summed E-state index contributed by atoms with van der Waals surface area (Å²) in [5.41, 5.74) is 4.03. The first kappa shape index (κ1) is 15.5. The molecule has 0 unspecified atom stereocenters. The van der Waals surface area contributed by atoms with Crippen molar-refractivity contribution in [2.45, 2.75) is 24.2 Å². The van der Waals surface area contributed by atoms with Gasteiger partial charge in [0.25, 0.3) is 0 Å². The van der Waals surface area contributed by atoms with Crippen molar-refractivity contribution >= 4 is 11.8 Å². The van der Waals surface area contributed by atoms with E-state index >= 15 is 0 Å². The number of aromatic nitrogens is 1. The molecule has 1 fully saturated rings. The fourth-order valence-corrected chi connectivity index (χ4v) is 3.67. The Morgan fingerprint density at radius 3 is 2.86 bits per heavy atom. The van der Waals surface area contributed by atoms with Crippen LogP contribution < -0.4 is 5.32 Å². The molecule has 1 saturated heterocycles. The fourth-order valence-electron chi connectivity index (χ4n) is 2.74. The van der Waals surface area contributed by atoms with Gasteiger partial charge in [-0.2, -0.15) is 0 Å². The quantitative estimate of drug-likeness (QED) is 0.859. The standard InChI is InChI=1S/C18H23N3S/c1-15-4-2-5-16(12-15)14-22-18-17(6-3-7-20-18)13-21-10-8-19-9-11-21/h2-7,12,19H,8-11,13-14H2,1H3. The van der Waals surface area contributed by atoms with Crippen LogP contribution in [0.25, 0.3) is 0 Å². The van der Waals surface area contributed by atoms with Crippen LogP contribution in [-0.4, -0.2) is 36.1 Å². The van der Waals surface area contributed by atoms with Gasteiger partial charge >= 0.3 is 0 Å². The van der Waals surface area contributed by atoms with E-state index in [1.807, 2.05) is 24.0 Å². The Morgan fingerprint density at radius 2 is 2.05 bits per heavy atom. The smallest absolute Gasteiger partial charge is 0.101 e. The molecule has 1 aliphatic heterocycles. The van der Waals surface area contributed by atoms with E-state index in [2.05, 4.69) is 52.5 Å². The number of aryl methyl sites for hydroxylation is 1. The molecule has 0 atom stereocenters. The third-order valence-corrected chi connectivity index (χ3v) is 5.03. The minimum absolute atomic E-state index is 0.979. The Balaban J connectivity index is 1.65. The Hall–Kier alpha value is -1.36. The summed E-state index contributed by atoms with van der Waals surface area (Å²) < 4.78 is 0. The molecule has 1 aromatic carbocycles. The van der Waals surface area contributed by atoms with Gasteiger partial charge in [-0.1, -0.05) is 35.9 Å². The van der Waals surface area contributed by atoms with E-state index in [0.29, 0.717) is 0 Å². The number of benzene rings is 1. The summed E-state index contributed by atoms with van der Waals surface area (Å²) in [6.45, 7) is 7.57. The Labute approximate surface area is 137 Å². The number of thioether (sulfide) groups is 1. The van der Waals surface area contributed by atoms with Gasteiger partial charge in [0.2, 0.25) is 0 Å². The van der Waals surface area contributed by atoms with Gasteiger partial charge in [-0.05, 0) is 24.1 Å². The molecule has 2 heterocycles. The molecule has 0 radical (unpaired) electrons. The molecule has 0 amide bonds. The first-order valence-electron chi connectivity index (χ1n) is 7.86. The first-order chi connectivity index (χ1) is 10.8. The monoisotopic (exact) mass is 313 g/mol. The van der Waals surface area contributed by atoms with E-state index in [0.717, 1.165) is 38.5 Å². The number of pyridine rings is 1. The van der Waals surface area contributed by atoms with Gasteiger partial charge in [-0.15, -0.1) is 11.8 Å². The largest absolute Gasteiger partial charge is 0.314 e. The number of hydrogen-bond acceptors (Lipinski definition) is 4. The van der Waals surface area contributed by atoms with Gasteiger partial charge in [0.1, 0.15) is 5.03 Å². The maximum absolute atomic E-state index is 4.60. The van der Waals surface area contributed by atoms with Gasteiger partial charge < -0.3 is 5.32 Å². The molecule has 1 aliphatic rings. The highest BCUT2D eigenvalue weighted by atomic mass is 32.2. The highest BCUT2D eigenvalue weighted by Crippen LogP contribution is 2.25. The predicted octanol–water partition coefficient (Wildman–Crippen LogP) is 3.09. The maximum atomic E-state index is 4.60. The first-order valence-corrected chi connectivity index (χ1v) is 8.85. The summed E-state index contributed by atoms with van der Waals surface area (Å²) in [5.74, 6) is 0.979. The lowest BCUT2D eigenvalue weighted by molar-refractivity contribution is 0.231. The Morgan fingerprint density at radius 1 is 1.18 bits per heavy atom. The van der Waals surface area contributed by atoms with Crippen LogP contribution in [0.1, 0.15) is 16.7 Å². The molecule has 2 aromatic rings. The normalized spacial score (nSPS) is 15.9. The molecule has 3 rings (SSSR count). The second-order valence-electron chi connectivity index (χ2n) is 5.77. The zero-order chi connectivity index (χ0) is 15.2. The molecule has 0 spiro atoms. The lowest BCUT2D eigenvalue weighted by Crippen LogP contribution is -2.42. The average molecular weight is 313 g/mol. The van der Waals surface area contributed by atoms with Crippen molar-refractivity contribution in [1.82, 2.24) is 15.2 Å². The Kier molecular flexibility index (Phi) is 5.48. The van der Waals surface area contributed by atoms with E-state index in [-0.39, 0.29) is 0 Å². The molecule has 3 nitrogen and oxygen atoms in total. The second-order valence-corrected chi connectivity index (χ2v) is 6.74. The van der Waals surface area contributed by atoms with E-state index in [1.165, 1.54) is 21.7 Å². The maximum Gasteiger partial charge on any atom is 0.101 e. The topological polar surface area (TPSA) is 28.2 Å². The number of nitrogens with zero attached hydrogens (tertiary/aromatic N) is 2. The lowest BCUT2D eigenvalue weighted by Gasteiger charge is -2.27. The molecular formula is C18H23N3S. The molecule has 22 heavy (non-hydrogen) atoms. The number of nitrogens with one attached hydrogen (secondary N) is 1. The average Bonchev–Trinajstić information content (AvgIpc) is 2.55. The van der Waals surface area contributed by atoms with Gasteiger partial charge in [-0.25, -0.2) is 4.98 Å². The minimum atomic E-state index is 0.979. The predicted molar refractivity (Wildman–Crippen MR) is 93.1 cm³/mol. The van der Waals surface area contributed by atoms with Crippen molar-refractivity contribution < 1.29 is 0 Å². The van der Waals surface area contributed by atoms with Crippen molar-refractivity contribution in [2.24, 2.45) is 0 Å². The molecule has 0 bridgehead atoms. The molecule has 1 N–H and O–H groups in total. The molecule has 1 aromatic heterocycles. The highest BCUT2D eigenvalue weighted by Gasteiger charge is 2.13. The summed E-state index contributed by atoms with van der Waals surface area (Å²) in [4.78, 5) is 7.11. The number of piperazine rings is 1. The van der Waals surface area contributed by atoms with Crippen LogP contribution in [0.15, 0.2) is 47.6 Å². The van der Waals surface area contributed by atoms with E-state index in [1.54, 1.807) is 0 Å². The van der Waals surface area contributed by atoms with Crippen LogP contribution in [0.2, 0.25) is 0 Å². The summed E-state index contributed by atoms with van der Waals surface area (Å²) >= 11 is 1.84. The summed E-state index contributed by atoms with van der Waals surface area (Å²) in [6.07, 6.45) is 1.90. The third kappa shape index (κ3) is 4.32. The van der Waals surface area contributed by atoms with Crippen LogP contribution in [0.4, 0.5) is 0 Å². The van der Waals surface area contributed by atoms with Crippen molar-refractivity contribution in [3.63, 3.8) is 0 Å². The SMILES string of the molecule is Cc1cccc(CSc2ncccc2CN2CCNCC2)c1. The summed E-state index contributed by atoms with van der Waals surface area (Å²) in [5, 5.41) is 4.57. The summed E-state index contributed by atoms with van der Waals surface area (Å²) in [6, 6.07) is 13.0. The van der Waals surface area contributed by atoms with E-state index < -0.39 is 0 Å². The van der Waals surface area contributed by atoms with Gasteiger partial charge in [0, 0.05) is 44.7 Å². The molecule has 4 heteroatoms. The lowest BCUT2D eigenvalue weighted by atomic mass is 10.2. The van der Waals surface area contributed by atoms with E-state index in [9.17, 15) is 0 Å². The zero-order valence-electron chi connectivity index (χ0n) is 13.1. The minimum Gasteiger partial charge on any atom is -0.314 e. The fraction of sp³-hybridized carbons (Fsp3) is 0.389. The Bertz CT molecular complexity index is 609. The summed E-state index contributed by atoms with van der Waals surface area (Å²) in [7, 11) is 0. The molecule has 0 aliphatic carbocycles. The van der Waals surface area contributed by atoms with Crippen LogP contribution >= 0.6 is 11.8 Å². The van der Waals surface area contributed by atoms with Crippen molar-refractivity contribution in [3.8, 4) is 0 Å². The van der Waals surface area contributed by atoms with Crippen molar-refractivity contribution in [2.75, 3.05) is 26.2 Å². The van der Waals surface area contributed by atoms with Crippen LogP contribution in [0.5, 0.6) is 0 Å². The molecule has 0 saturated carbocycles. The number of rotatable bonds is 5. The van der Waals surface area contributed by atoms with Crippen molar-refractivity contribution in [3.05, 3.63) is 59.3 Å². The van der Waals surface area contributed by atoms with E-state index in [4.69, 9.17) is 0 Å². The van der Waals surface area contributed by atoms with Crippen molar-refractivity contribution in [1.29, 1.82) is 0 Å². The van der Waals surface area contributed by atoms with Crippen LogP contribution in [0, 0.1) is 6.92 Å². The zero-order valence-corrected chi connectivity index (χ0v) is 13.9. The third-order valence-electron chi connectivity index (χ3n) is 3.91. The second kappa shape index (κ2) is 7.77. The molecule has 116 valence electrons. The number of hydrogen-bond donors (Lipinski definition) is 1. The molecular weight excluding hydrogens is 290 g/mol. The van der Waals surface area contributed by atoms with Gasteiger partial charge in [-0.3, -0.25) is 4.90 Å². The van der Waals surface area contributed by atoms with Crippen LogP contribution in [0.3, 0.4) is 0 Å². The van der Waals surface area contributed by atoms with Crippen LogP contribution in [-0.2, 0) is 12.3 Å².